The van der Waals surface area contributed by atoms with Gasteiger partial charge in [-0.25, -0.2) is 5.01 Å². The maximum absolute atomic E-state index is 5.18. The Hall–Kier alpha value is -1.82. The van der Waals surface area contributed by atoms with Crippen LogP contribution in [0.4, 0.5) is 0 Å². The first-order chi connectivity index (χ1) is 6.34. The number of hydrogen-bond donors (Lipinski definition) is 0. The molecule has 0 fully saturated rings. The molecule has 66 valence electrons. The standard InChI is InChI=1S/C10H11N3/c1-3-9-13-10(2)7-5-4-6-8-11-12-13/h1,4-7H,2,8-9H2/b6-4-,7-5-,12-11-. The predicted octanol–water partition coefficient (Wildman–Crippen LogP) is 1.93. The molecule has 0 radical (unpaired) electrons. The van der Waals surface area contributed by atoms with Crippen molar-refractivity contribution < 1.29 is 0 Å². The minimum atomic E-state index is 0.396. The first-order valence-electron chi connectivity index (χ1n) is 3.95. The van der Waals surface area contributed by atoms with Crippen LogP contribution < -0.4 is 0 Å². The van der Waals surface area contributed by atoms with Crippen molar-refractivity contribution >= 4 is 0 Å². The van der Waals surface area contributed by atoms with E-state index >= 15 is 0 Å². The highest BCUT2D eigenvalue weighted by molar-refractivity contribution is 5.19. The first-order valence-corrected chi connectivity index (χ1v) is 3.95. The fourth-order valence-electron chi connectivity index (χ4n) is 0.829. The van der Waals surface area contributed by atoms with E-state index in [2.05, 4.69) is 22.8 Å². The lowest BCUT2D eigenvalue weighted by Gasteiger charge is -2.13. The van der Waals surface area contributed by atoms with Crippen LogP contribution in [0.1, 0.15) is 0 Å². The summed E-state index contributed by atoms with van der Waals surface area (Å²) >= 11 is 0. The van der Waals surface area contributed by atoms with Crippen LogP contribution in [-0.2, 0) is 0 Å². The lowest BCUT2D eigenvalue weighted by atomic mass is 10.3. The van der Waals surface area contributed by atoms with Crippen LogP contribution in [0.25, 0.3) is 0 Å². The molecule has 0 bridgehead atoms. The quantitative estimate of drug-likeness (QED) is 0.557. The van der Waals surface area contributed by atoms with Gasteiger partial charge in [0.1, 0.15) is 6.54 Å². The van der Waals surface area contributed by atoms with Gasteiger partial charge in [0, 0.05) is 0 Å². The Labute approximate surface area is 78.1 Å². The Kier molecular flexibility index (Phi) is 3.52. The smallest absolute Gasteiger partial charge is 0.104 e. The number of rotatable bonds is 1. The van der Waals surface area contributed by atoms with Gasteiger partial charge in [-0.15, -0.1) is 6.42 Å². The van der Waals surface area contributed by atoms with E-state index in [-0.39, 0.29) is 0 Å². The van der Waals surface area contributed by atoms with Gasteiger partial charge in [-0.2, -0.15) is 5.11 Å². The summed E-state index contributed by atoms with van der Waals surface area (Å²) in [6.45, 7) is 4.78. The zero-order valence-corrected chi connectivity index (χ0v) is 7.35. The second-order valence-corrected chi connectivity index (χ2v) is 2.45. The van der Waals surface area contributed by atoms with Crippen molar-refractivity contribution in [1.82, 2.24) is 5.01 Å². The topological polar surface area (TPSA) is 28.0 Å². The summed E-state index contributed by atoms with van der Waals surface area (Å²) < 4.78 is 0. The van der Waals surface area contributed by atoms with Gasteiger partial charge in [-0.1, -0.05) is 36.0 Å². The normalized spacial score (nSPS) is 23.6. The molecule has 0 amide bonds. The van der Waals surface area contributed by atoms with Gasteiger partial charge < -0.3 is 0 Å². The van der Waals surface area contributed by atoms with E-state index in [9.17, 15) is 0 Å². The molecule has 3 heteroatoms. The summed E-state index contributed by atoms with van der Waals surface area (Å²) in [5.74, 6) is 2.49. The van der Waals surface area contributed by atoms with E-state index in [4.69, 9.17) is 6.42 Å². The molecule has 13 heavy (non-hydrogen) atoms. The van der Waals surface area contributed by atoms with Gasteiger partial charge in [-0.3, -0.25) is 0 Å². The van der Waals surface area contributed by atoms with Crippen molar-refractivity contribution in [2.75, 3.05) is 13.1 Å². The lowest BCUT2D eigenvalue weighted by Crippen LogP contribution is -2.14. The maximum Gasteiger partial charge on any atom is 0.104 e. The molecule has 0 aromatic carbocycles. The van der Waals surface area contributed by atoms with Crippen LogP contribution in [-0.4, -0.2) is 18.1 Å². The summed E-state index contributed by atoms with van der Waals surface area (Å²) in [5, 5.41) is 9.42. The summed E-state index contributed by atoms with van der Waals surface area (Å²) in [7, 11) is 0. The third-order valence-corrected chi connectivity index (χ3v) is 1.47. The Morgan fingerprint density at radius 3 is 3.23 bits per heavy atom. The largest absolute Gasteiger partial charge is 0.236 e. The summed E-state index contributed by atoms with van der Waals surface area (Å²) in [5.41, 5.74) is 0.744. The molecule has 1 aliphatic rings. The molecule has 0 aliphatic carbocycles. The van der Waals surface area contributed by atoms with Crippen LogP contribution in [0, 0.1) is 12.3 Å². The van der Waals surface area contributed by atoms with Crippen molar-refractivity contribution in [3.05, 3.63) is 36.6 Å². The van der Waals surface area contributed by atoms with E-state index in [0.717, 1.165) is 5.70 Å². The molecule has 0 atom stereocenters. The Morgan fingerprint density at radius 1 is 1.62 bits per heavy atom. The third kappa shape index (κ3) is 2.96. The average Bonchev–Trinajstić information content (AvgIpc) is 2.21. The predicted molar refractivity (Wildman–Crippen MR) is 52.7 cm³/mol. The maximum atomic E-state index is 5.18. The molecule has 1 aliphatic heterocycles. The summed E-state index contributed by atoms with van der Waals surface area (Å²) in [6.07, 6.45) is 12.7. The van der Waals surface area contributed by atoms with E-state index in [0.29, 0.717) is 13.1 Å². The molecular weight excluding hydrogens is 162 g/mol. The highest BCUT2D eigenvalue weighted by Crippen LogP contribution is 2.05. The minimum Gasteiger partial charge on any atom is -0.236 e. The van der Waals surface area contributed by atoms with Gasteiger partial charge in [0.15, 0.2) is 0 Å². The van der Waals surface area contributed by atoms with Gasteiger partial charge in [-0.05, 0) is 6.08 Å². The number of allylic oxidation sites excluding steroid dienone is 3. The molecule has 0 aromatic heterocycles. The zero-order valence-electron chi connectivity index (χ0n) is 7.35. The van der Waals surface area contributed by atoms with Crippen molar-refractivity contribution in [2.24, 2.45) is 10.3 Å². The molecule has 1 heterocycles. The molecule has 0 aromatic rings. The van der Waals surface area contributed by atoms with Crippen molar-refractivity contribution in [1.29, 1.82) is 0 Å². The molecule has 0 saturated carbocycles. The fourth-order valence-corrected chi connectivity index (χ4v) is 0.829. The molecule has 3 nitrogen and oxygen atoms in total. The van der Waals surface area contributed by atoms with Crippen LogP contribution in [0.15, 0.2) is 46.9 Å². The van der Waals surface area contributed by atoms with E-state index in [1.165, 1.54) is 0 Å². The average molecular weight is 173 g/mol. The monoisotopic (exact) mass is 173 g/mol. The number of terminal acetylenes is 1. The van der Waals surface area contributed by atoms with Crippen molar-refractivity contribution in [2.45, 2.75) is 0 Å². The van der Waals surface area contributed by atoms with Crippen LogP contribution in [0.3, 0.4) is 0 Å². The molecule has 0 unspecified atom stereocenters. The molecule has 1 rings (SSSR count). The van der Waals surface area contributed by atoms with Gasteiger partial charge in [0.25, 0.3) is 0 Å². The van der Waals surface area contributed by atoms with Crippen LogP contribution in [0.2, 0.25) is 0 Å². The molecule has 0 spiro atoms. The third-order valence-electron chi connectivity index (χ3n) is 1.47. The highest BCUT2D eigenvalue weighted by atomic mass is 15.5. The van der Waals surface area contributed by atoms with Crippen LogP contribution >= 0.6 is 0 Å². The summed E-state index contributed by atoms with van der Waals surface area (Å²) in [4.78, 5) is 0. The van der Waals surface area contributed by atoms with Crippen LogP contribution in [0.5, 0.6) is 0 Å². The van der Waals surface area contributed by atoms with Gasteiger partial charge in [0.2, 0.25) is 0 Å². The van der Waals surface area contributed by atoms with Gasteiger partial charge >= 0.3 is 0 Å². The Morgan fingerprint density at radius 2 is 2.46 bits per heavy atom. The summed E-state index contributed by atoms with van der Waals surface area (Å²) in [6, 6.07) is 0. The highest BCUT2D eigenvalue weighted by Gasteiger charge is 2.00. The lowest BCUT2D eigenvalue weighted by molar-refractivity contribution is 0.392. The van der Waals surface area contributed by atoms with E-state index < -0.39 is 0 Å². The zero-order chi connectivity index (χ0) is 9.52. The fraction of sp³-hybridized carbons (Fsp3) is 0.200. The van der Waals surface area contributed by atoms with E-state index in [1.807, 2.05) is 24.3 Å². The SMILES string of the molecule is C#CCN1/N=N\C/C=C\C=C/C1=C. The number of nitrogens with zero attached hydrogens (tertiary/aromatic N) is 3. The van der Waals surface area contributed by atoms with E-state index in [1.54, 1.807) is 5.01 Å². The number of hydrogen-bond acceptors (Lipinski definition) is 3. The molecule has 0 N–H and O–H groups in total. The Balaban J connectivity index is 2.76. The van der Waals surface area contributed by atoms with Crippen molar-refractivity contribution in [3.63, 3.8) is 0 Å². The Bertz CT molecular complexity index is 305. The van der Waals surface area contributed by atoms with Crippen molar-refractivity contribution in [3.8, 4) is 12.3 Å². The second-order valence-electron chi connectivity index (χ2n) is 2.45. The minimum absolute atomic E-state index is 0.396. The second kappa shape index (κ2) is 4.94. The molecule has 0 saturated heterocycles. The first kappa shape index (κ1) is 9.27. The van der Waals surface area contributed by atoms with Gasteiger partial charge in [0.05, 0.1) is 12.2 Å². The molecular formula is C10H11N3.